The fraction of sp³-hybridized carbons (Fsp3) is 0.581. The number of likely N-dealkylation sites (tertiary alicyclic amines) is 1. The maximum atomic E-state index is 13.5. The summed E-state index contributed by atoms with van der Waals surface area (Å²) in [7, 11) is 1.58. The average Bonchev–Trinajstić information content (AvgIpc) is 3.29. The molecule has 1 amide bonds. The molecule has 2 aliphatic heterocycles. The standard InChI is InChI=1S/C31H43N3O6/c1-20(2)40-30(37)34-25(21-13-9-7-10-14-21)27(24(31(3,4)5)26(34)29(35)36)39-19-22-17-23(18-32-28(22)38-6)33-15-11-8-12-16-33/h7,9-10,13-14,17-18,20,24-27H,8,11-12,15-16,19H2,1-6H3,(H,35,36)/t24-,25+,26+,27+/m1/s1. The molecule has 1 N–H and O–H groups in total. The van der Waals surface area contributed by atoms with Crippen molar-refractivity contribution in [1.82, 2.24) is 9.88 Å². The number of hydrogen-bond acceptors (Lipinski definition) is 7. The van der Waals surface area contributed by atoms with Crippen LogP contribution in [0.25, 0.3) is 0 Å². The third kappa shape index (κ3) is 6.35. The molecule has 1 aromatic carbocycles. The summed E-state index contributed by atoms with van der Waals surface area (Å²) in [4.78, 5) is 34.6. The Balaban J connectivity index is 1.76. The number of carbonyl (C=O) groups is 2. The van der Waals surface area contributed by atoms with Crippen LogP contribution < -0.4 is 9.64 Å². The number of anilines is 1. The van der Waals surface area contributed by atoms with E-state index in [1.54, 1.807) is 21.0 Å². The van der Waals surface area contributed by atoms with Gasteiger partial charge in [-0.05, 0) is 50.2 Å². The number of amides is 1. The molecule has 4 atom stereocenters. The van der Waals surface area contributed by atoms with Crippen molar-refractivity contribution in [2.24, 2.45) is 11.3 Å². The number of aromatic nitrogens is 1. The van der Waals surface area contributed by atoms with Gasteiger partial charge < -0.3 is 24.2 Å². The summed E-state index contributed by atoms with van der Waals surface area (Å²) in [6.07, 6.45) is 3.65. The molecule has 2 aliphatic rings. The average molecular weight is 554 g/mol. The van der Waals surface area contributed by atoms with Crippen LogP contribution >= 0.6 is 0 Å². The number of nitrogens with zero attached hydrogens (tertiary/aromatic N) is 3. The highest BCUT2D eigenvalue weighted by molar-refractivity contribution is 5.82. The topological polar surface area (TPSA) is 101 Å². The van der Waals surface area contributed by atoms with Crippen LogP contribution in [0.3, 0.4) is 0 Å². The first kappa shape index (κ1) is 29.6. The van der Waals surface area contributed by atoms with Crippen LogP contribution in [-0.2, 0) is 20.9 Å². The van der Waals surface area contributed by atoms with Crippen molar-refractivity contribution in [2.45, 2.75) is 84.8 Å². The lowest BCUT2D eigenvalue weighted by atomic mass is 9.73. The molecule has 218 valence electrons. The van der Waals surface area contributed by atoms with Gasteiger partial charge in [-0.25, -0.2) is 14.6 Å². The van der Waals surface area contributed by atoms with Crippen LogP contribution in [0.15, 0.2) is 42.6 Å². The van der Waals surface area contributed by atoms with Gasteiger partial charge in [0.05, 0.1) is 43.9 Å². The van der Waals surface area contributed by atoms with E-state index in [9.17, 15) is 14.7 Å². The van der Waals surface area contributed by atoms with Gasteiger partial charge in [0.2, 0.25) is 5.88 Å². The molecule has 9 nitrogen and oxygen atoms in total. The van der Waals surface area contributed by atoms with E-state index in [0.29, 0.717) is 5.88 Å². The zero-order valence-corrected chi connectivity index (χ0v) is 24.5. The minimum absolute atomic E-state index is 0.151. The Bertz CT molecular complexity index is 1160. The van der Waals surface area contributed by atoms with Gasteiger partial charge in [0.15, 0.2) is 0 Å². The van der Waals surface area contributed by atoms with Crippen molar-refractivity contribution in [1.29, 1.82) is 0 Å². The molecule has 0 spiro atoms. The molecular weight excluding hydrogens is 510 g/mol. The predicted octanol–water partition coefficient (Wildman–Crippen LogP) is 5.68. The van der Waals surface area contributed by atoms with Crippen molar-refractivity contribution in [2.75, 3.05) is 25.1 Å². The Hall–Kier alpha value is -3.33. The lowest BCUT2D eigenvalue weighted by molar-refractivity contribution is -0.145. The summed E-state index contributed by atoms with van der Waals surface area (Å²) in [6.45, 7) is 11.6. The molecule has 0 saturated carbocycles. The number of rotatable bonds is 8. The number of pyridine rings is 1. The first-order chi connectivity index (χ1) is 19.0. The highest BCUT2D eigenvalue weighted by Gasteiger charge is 2.59. The molecular formula is C31H43N3O6. The zero-order chi connectivity index (χ0) is 29.0. The first-order valence-electron chi connectivity index (χ1n) is 14.2. The highest BCUT2D eigenvalue weighted by atomic mass is 16.6. The summed E-state index contributed by atoms with van der Waals surface area (Å²) < 4.78 is 17.9. The van der Waals surface area contributed by atoms with Crippen molar-refractivity contribution in [3.8, 4) is 5.88 Å². The van der Waals surface area contributed by atoms with E-state index >= 15 is 0 Å². The van der Waals surface area contributed by atoms with Crippen LogP contribution in [0.4, 0.5) is 10.5 Å². The van der Waals surface area contributed by atoms with E-state index in [-0.39, 0.29) is 6.61 Å². The van der Waals surface area contributed by atoms with Crippen LogP contribution in [0.1, 0.15) is 71.0 Å². The Morgan fingerprint density at radius 1 is 1.10 bits per heavy atom. The lowest BCUT2D eigenvalue weighted by Crippen LogP contribution is -2.47. The third-order valence-electron chi connectivity index (χ3n) is 7.80. The number of benzene rings is 1. The largest absolute Gasteiger partial charge is 0.481 e. The van der Waals surface area contributed by atoms with E-state index in [4.69, 9.17) is 14.2 Å². The number of carbonyl (C=O) groups excluding carboxylic acids is 1. The molecule has 0 aliphatic carbocycles. The first-order valence-corrected chi connectivity index (χ1v) is 14.2. The quantitative estimate of drug-likeness (QED) is 0.445. The molecule has 4 rings (SSSR count). The Labute approximate surface area is 237 Å². The molecule has 0 unspecified atom stereocenters. The van der Waals surface area contributed by atoms with E-state index in [1.165, 1.54) is 11.3 Å². The number of hydrogen-bond donors (Lipinski definition) is 1. The molecule has 9 heteroatoms. The Morgan fingerprint density at radius 3 is 2.35 bits per heavy atom. The van der Waals surface area contributed by atoms with Gasteiger partial charge in [-0.15, -0.1) is 0 Å². The fourth-order valence-electron chi connectivity index (χ4n) is 6.09. The normalized spacial score (nSPS) is 23.4. The van der Waals surface area contributed by atoms with Gasteiger partial charge in [0.1, 0.15) is 6.04 Å². The monoisotopic (exact) mass is 553 g/mol. The molecule has 0 bridgehead atoms. The van der Waals surface area contributed by atoms with Gasteiger partial charge in [0, 0.05) is 24.6 Å². The van der Waals surface area contributed by atoms with Gasteiger partial charge in [0.25, 0.3) is 0 Å². The summed E-state index contributed by atoms with van der Waals surface area (Å²) in [6, 6.07) is 9.71. The molecule has 2 saturated heterocycles. The van der Waals surface area contributed by atoms with E-state index in [1.807, 2.05) is 57.3 Å². The number of ether oxygens (including phenoxy) is 3. The number of carboxylic acids is 1. The van der Waals surface area contributed by atoms with Gasteiger partial charge in [-0.1, -0.05) is 51.1 Å². The molecule has 0 radical (unpaired) electrons. The third-order valence-corrected chi connectivity index (χ3v) is 7.80. The van der Waals surface area contributed by atoms with Crippen molar-refractivity contribution >= 4 is 17.7 Å². The van der Waals surface area contributed by atoms with Crippen molar-refractivity contribution in [3.05, 3.63) is 53.7 Å². The fourth-order valence-corrected chi connectivity index (χ4v) is 6.09. The van der Waals surface area contributed by atoms with Gasteiger partial charge >= 0.3 is 12.1 Å². The second-order valence-corrected chi connectivity index (χ2v) is 12.1. The highest BCUT2D eigenvalue weighted by Crippen LogP contribution is 2.50. The number of piperidine rings is 1. The van der Waals surface area contributed by atoms with Crippen LogP contribution in [0.2, 0.25) is 0 Å². The van der Waals surface area contributed by atoms with Crippen LogP contribution in [-0.4, -0.2) is 65.5 Å². The number of carboxylic acid groups (broad SMARTS) is 1. The molecule has 2 fully saturated rings. The van der Waals surface area contributed by atoms with Gasteiger partial charge in [-0.3, -0.25) is 4.90 Å². The summed E-state index contributed by atoms with van der Waals surface area (Å²) >= 11 is 0. The Morgan fingerprint density at radius 2 is 1.77 bits per heavy atom. The zero-order valence-electron chi connectivity index (χ0n) is 24.5. The number of methoxy groups -OCH3 is 1. The summed E-state index contributed by atoms with van der Waals surface area (Å²) in [5.41, 5.74) is 2.08. The second kappa shape index (κ2) is 12.5. The Kier molecular flexibility index (Phi) is 9.23. The molecule has 3 heterocycles. The lowest BCUT2D eigenvalue weighted by Gasteiger charge is -2.35. The summed E-state index contributed by atoms with van der Waals surface area (Å²) in [5.74, 6) is -1.15. The van der Waals surface area contributed by atoms with Gasteiger partial charge in [-0.2, -0.15) is 0 Å². The predicted molar refractivity (Wildman–Crippen MR) is 152 cm³/mol. The van der Waals surface area contributed by atoms with E-state index in [2.05, 4.69) is 16.0 Å². The maximum absolute atomic E-state index is 13.5. The van der Waals surface area contributed by atoms with Crippen molar-refractivity contribution < 1.29 is 28.9 Å². The van der Waals surface area contributed by atoms with Crippen LogP contribution in [0.5, 0.6) is 5.88 Å². The molecule has 2 aromatic rings. The smallest absolute Gasteiger partial charge is 0.411 e. The van der Waals surface area contributed by atoms with E-state index in [0.717, 1.165) is 42.7 Å². The van der Waals surface area contributed by atoms with Crippen molar-refractivity contribution in [3.63, 3.8) is 0 Å². The SMILES string of the molecule is COc1ncc(N2CCCCC2)cc1CO[C@H]1[C@H](C(C)(C)C)[C@@H](C(=O)O)N(C(=O)OC(C)C)[C@H]1c1ccccc1. The second-order valence-electron chi connectivity index (χ2n) is 12.1. The van der Waals surface area contributed by atoms with Crippen LogP contribution in [0, 0.1) is 11.3 Å². The minimum Gasteiger partial charge on any atom is -0.481 e. The summed E-state index contributed by atoms with van der Waals surface area (Å²) in [5, 5.41) is 10.5. The molecule has 1 aromatic heterocycles. The number of aliphatic carboxylic acids is 1. The maximum Gasteiger partial charge on any atom is 0.411 e. The minimum atomic E-state index is -1.14. The van der Waals surface area contributed by atoms with E-state index < -0.39 is 47.7 Å². The molecule has 40 heavy (non-hydrogen) atoms.